The molecule has 1 fully saturated rings. The van der Waals surface area contributed by atoms with Crippen molar-refractivity contribution in [3.63, 3.8) is 0 Å². The number of aromatic nitrogens is 2. The highest BCUT2D eigenvalue weighted by atomic mass is 35.5. The third-order valence-electron chi connectivity index (χ3n) is 3.87. The van der Waals surface area contributed by atoms with Crippen LogP contribution in [0.1, 0.15) is 0 Å². The fourth-order valence-electron chi connectivity index (χ4n) is 2.56. The van der Waals surface area contributed by atoms with E-state index in [4.69, 9.17) is 23.2 Å². The first kappa shape index (κ1) is 18.8. The van der Waals surface area contributed by atoms with Crippen LogP contribution in [0.15, 0.2) is 35.5 Å². The third kappa shape index (κ3) is 3.58. The van der Waals surface area contributed by atoms with Gasteiger partial charge in [0.25, 0.3) is 0 Å². The normalized spacial score (nSPS) is 15.8. The maximum absolute atomic E-state index is 12.8. The van der Waals surface area contributed by atoms with Crippen molar-refractivity contribution in [2.45, 2.75) is 4.90 Å². The monoisotopic (exact) mass is 417 g/mol. The molecular weight excluding hydrogens is 405 g/mol. The summed E-state index contributed by atoms with van der Waals surface area (Å²) < 4.78 is 26.9. The molecule has 1 aromatic heterocycles. The van der Waals surface area contributed by atoms with Gasteiger partial charge in [-0.2, -0.15) is 4.31 Å². The molecule has 2 heterocycles. The van der Waals surface area contributed by atoms with Gasteiger partial charge in [0.2, 0.25) is 16.0 Å². The average Bonchev–Trinajstić information content (AvgIpc) is 2.61. The van der Waals surface area contributed by atoms with E-state index in [2.05, 4.69) is 9.97 Å². The molecule has 26 heavy (non-hydrogen) atoms. The van der Waals surface area contributed by atoms with Gasteiger partial charge in [-0.3, -0.25) is 10.1 Å². The van der Waals surface area contributed by atoms with Crippen molar-refractivity contribution in [2.75, 3.05) is 31.1 Å². The van der Waals surface area contributed by atoms with Crippen LogP contribution in [0.25, 0.3) is 0 Å². The summed E-state index contributed by atoms with van der Waals surface area (Å²) in [5.74, 6) is 0.309. The lowest BCUT2D eigenvalue weighted by Gasteiger charge is -2.34. The van der Waals surface area contributed by atoms with Gasteiger partial charge in [0.05, 0.1) is 15.0 Å². The Morgan fingerprint density at radius 1 is 1.04 bits per heavy atom. The Morgan fingerprint density at radius 2 is 1.58 bits per heavy atom. The summed E-state index contributed by atoms with van der Waals surface area (Å²) in [5.41, 5.74) is -0.205. The maximum Gasteiger partial charge on any atom is 0.305 e. The molecule has 0 spiro atoms. The summed E-state index contributed by atoms with van der Waals surface area (Å²) >= 11 is 12.0. The molecule has 0 aliphatic carbocycles. The van der Waals surface area contributed by atoms with Crippen LogP contribution in [0.3, 0.4) is 0 Å². The molecule has 0 saturated carbocycles. The molecule has 0 unspecified atom stereocenters. The lowest BCUT2D eigenvalue weighted by atomic mass is 10.4. The van der Waals surface area contributed by atoms with Gasteiger partial charge in [-0.25, -0.2) is 18.4 Å². The van der Waals surface area contributed by atoms with Crippen LogP contribution < -0.4 is 4.90 Å². The van der Waals surface area contributed by atoms with E-state index in [1.807, 2.05) is 0 Å². The fraction of sp³-hybridized carbons (Fsp3) is 0.286. The number of hydrogen-bond donors (Lipinski definition) is 0. The van der Waals surface area contributed by atoms with Crippen molar-refractivity contribution in [1.82, 2.24) is 14.3 Å². The van der Waals surface area contributed by atoms with Crippen LogP contribution >= 0.6 is 23.2 Å². The molecular formula is C14H13Cl2N5O4S. The van der Waals surface area contributed by atoms with Gasteiger partial charge in [-0.1, -0.05) is 29.3 Å². The second-order valence-corrected chi connectivity index (χ2v) is 8.13. The SMILES string of the molecule is O=[N+]([O-])c1cnc(N2CCN(S(=O)(=O)c3c(Cl)cccc3Cl)CC2)nc1. The molecule has 12 heteroatoms. The summed E-state index contributed by atoms with van der Waals surface area (Å²) in [4.78, 5) is 19.6. The highest BCUT2D eigenvalue weighted by molar-refractivity contribution is 7.89. The van der Waals surface area contributed by atoms with Gasteiger partial charge in [0.15, 0.2) is 0 Å². The van der Waals surface area contributed by atoms with E-state index >= 15 is 0 Å². The molecule has 0 atom stereocenters. The Labute approximate surface area is 159 Å². The summed E-state index contributed by atoms with van der Waals surface area (Å²) in [5, 5.41) is 10.8. The van der Waals surface area contributed by atoms with Gasteiger partial charge in [-0.15, -0.1) is 0 Å². The van der Waals surface area contributed by atoms with Gasteiger partial charge < -0.3 is 4.90 Å². The number of hydrogen-bond acceptors (Lipinski definition) is 7. The molecule has 0 bridgehead atoms. The molecule has 138 valence electrons. The number of halogens is 2. The number of benzene rings is 1. The first-order valence-electron chi connectivity index (χ1n) is 7.46. The minimum Gasteiger partial charge on any atom is -0.338 e. The Morgan fingerprint density at radius 3 is 2.08 bits per heavy atom. The van der Waals surface area contributed by atoms with E-state index in [-0.39, 0.29) is 33.7 Å². The minimum absolute atomic E-state index is 0.0682. The number of nitro groups is 1. The summed E-state index contributed by atoms with van der Waals surface area (Å²) in [7, 11) is -3.83. The van der Waals surface area contributed by atoms with Crippen molar-refractivity contribution < 1.29 is 13.3 Å². The summed E-state index contributed by atoms with van der Waals surface area (Å²) in [6, 6.07) is 4.52. The second kappa shape index (κ2) is 7.31. The van der Waals surface area contributed by atoms with E-state index in [9.17, 15) is 18.5 Å². The quantitative estimate of drug-likeness (QED) is 0.553. The van der Waals surface area contributed by atoms with Crippen LogP contribution in [0, 0.1) is 10.1 Å². The maximum atomic E-state index is 12.8. The van der Waals surface area contributed by atoms with Crippen molar-refractivity contribution in [2.24, 2.45) is 0 Å². The van der Waals surface area contributed by atoms with Gasteiger partial charge in [0, 0.05) is 26.2 Å². The van der Waals surface area contributed by atoms with Gasteiger partial charge in [-0.05, 0) is 12.1 Å². The first-order valence-corrected chi connectivity index (χ1v) is 9.66. The molecule has 9 nitrogen and oxygen atoms in total. The predicted molar refractivity (Wildman–Crippen MR) is 96.1 cm³/mol. The molecule has 3 rings (SSSR count). The number of piperazine rings is 1. The lowest BCUT2D eigenvalue weighted by molar-refractivity contribution is -0.385. The second-order valence-electron chi connectivity index (χ2n) is 5.44. The molecule has 1 aliphatic rings. The minimum atomic E-state index is -3.83. The fourth-order valence-corrected chi connectivity index (χ4v) is 5.07. The zero-order chi connectivity index (χ0) is 18.9. The summed E-state index contributed by atoms with van der Waals surface area (Å²) in [6.07, 6.45) is 2.24. The smallest absolute Gasteiger partial charge is 0.305 e. The van der Waals surface area contributed by atoms with Gasteiger partial charge in [0.1, 0.15) is 17.3 Å². The molecule has 1 aromatic carbocycles. The van der Waals surface area contributed by atoms with Crippen molar-refractivity contribution in [1.29, 1.82) is 0 Å². The largest absolute Gasteiger partial charge is 0.338 e. The van der Waals surface area contributed by atoms with E-state index in [0.29, 0.717) is 19.0 Å². The van der Waals surface area contributed by atoms with Crippen molar-refractivity contribution in [3.05, 3.63) is 50.8 Å². The van der Waals surface area contributed by atoms with Crippen LogP contribution in [0.5, 0.6) is 0 Å². The summed E-state index contributed by atoms with van der Waals surface area (Å²) in [6.45, 7) is 1.03. The van der Waals surface area contributed by atoms with Crippen LogP contribution in [0.4, 0.5) is 11.6 Å². The van der Waals surface area contributed by atoms with Crippen molar-refractivity contribution in [3.8, 4) is 0 Å². The topological polar surface area (TPSA) is 110 Å². The molecule has 0 N–H and O–H groups in total. The number of nitrogens with zero attached hydrogens (tertiary/aromatic N) is 5. The van der Waals surface area contributed by atoms with Crippen LogP contribution in [0.2, 0.25) is 10.0 Å². The Kier molecular flexibility index (Phi) is 5.28. The van der Waals surface area contributed by atoms with Gasteiger partial charge >= 0.3 is 5.69 Å². The van der Waals surface area contributed by atoms with E-state index < -0.39 is 14.9 Å². The van der Waals surface area contributed by atoms with E-state index in [1.165, 1.54) is 16.4 Å². The molecule has 1 aliphatic heterocycles. The zero-order valence-electron chi connectivity index (χ0n) is 13.2. The predicted octanol–water partition coefficient (Wildman–Crippen LogP) is 2.20. The van der Waals surface area contributed by atoms with E-state index in [0.717, 1.165) is 12.4 Å². The molecule has 2 aromatic rings. The van der Waals surface area contributed by atoms with Crippen LogP contribution in [-0.4, -0.2) is 53.8 Å². The number of sulfonamides is 1. The lowest BCUT2D eigenvalue weighted by Crippen LogP contribution is -2.49. The molecule has 0 radical (unpaired) electrons. The van der Waals surface area contributed by atoms with Crippen molar-refractivity contribution >= 4 is 44.9 Å². The third-order valence-corrected chi connectivity index (χ3v) is 6.73. The highest BCUT2D eigenvalue weighted by Gasteiger charge is 2.32. The Hall–Kier alpha value is -2.01. The van der Waals surface area contributed by atoms with Crippen LogP contribution in [-0.2, 0) is 10.0 Å². The average molecular weight is 418 g/mol. The molecule has 1 saturated heterocycles. The highest BCUT2D eigenvalue weighted by Crippen LogP contribution is 2.32. The van der Waals surface area contributed by atoms with E-state index in [1.54, 1.807) is 11.0 Å². The first-order chi connectivity index (χ1) is 12.3. The Balaban J connectivity index is 1.75. The number of rotatable bonds is 4. The standard InChI is InChI=1S/C14H13Cl2N5O4S/c15-11-2-1-3-12(16)13(11)26(24,25)20-6-4-19(5-7-20)14-17-8-10(9-18-14)21(22)23/h1-3,8-9H,4-7H2. The molecule has 0 amide bonds. The Bertz CT molecular complexity index is 911. The number of anilines is 1. The zero-order valence-corrected chi connectivity index (χ0v) is 15.6.